The number of aromatic amines is 1. The molecule has 3 heteroatoms. The van der Waals surface area contributed by atoms with Crippen LogP contribution in [-0.2, 0) is 6.42 Å². The van der Waals surface area contributed by atoms with Gasteiger partial charge in [-0.1, -0.05) is 25.1 Å². The van der Waals surface area contributed by atoms with Crippen LogP contribution in [0.1, 0.15) is 31.7 Å². The zero-order valence-electron chi connectivity index (χ0n) is 11.6. The molecule has 0 amide bonds. The molecule has 3 nitrogen and oxygen atoms in total. The van der Waals surface area contributed by atoms with E-state index in [0.29, 0.717) is 5.54 Å². The Kier molecular flexibility index (Phi) is 3.33. The summed E-state index contributed by atoms with van der Waals surface area (Å²) in [5, 5.41) is 4.95. The van der Waals surface area contributed by atoms with Crippen LogP contribution >= 0.6 is 0 Å². The molecule has 0 bridgehead atoms. The molecule has 1 aromatic carbocycles. The van der Waals surface area contributed by atoms with Crippen molar-refractivity contribution in [1.29, 1.82) is 0 Å². The second kappa shape index (κ2) is 4.99. The maximum atomic E-state index is 6.27. The lowest BCUT2D eigenvalue weighted by Crippen LogP contribution is -2.41. The van der Waals surface area contributed by atoms with E-state index in [4.69, 9.17) is 5.73 Å². The molecule has 1 aromatic heterocycles. The summed E-state index contributed by atoms with van der Waals surface area (Å²) in [6.45, 7) is 3.17. The number of H-pyrrole nitrogens is 1. The van der Waals surface area contributed by atoms with Gasteiger partial charge in [0, 0.05) is 35.2 Å². The Balaban J connectivity index is 1.61. The first kappa shape index (κ1) is 12.7. The van der Waals surface area contributed by atoms with Gasteiger partial charge in [0.1, 0.15) is 0 Å². The SMILES string of the molecule is CCC1(NCC(N)Cc2c[nH]c3ccccc23)CC1. The van der Waals surface area contributed by atoms with E-state index < -0.39 is 0 Å². The quantitative estimate of drug-likeness (QED) is 0.745. The average molecular weight is 257 g/mol. The Labute approximate surface area is 114 Å². The number of para-hydroxylation sites is 1. The van der Waals surface area contributed by atoms with Crippen molar-refractivity contribution >= 4 is 10.9 Å². The first-order chi connectivity index (χ1) is 9.22. The second-order valence-electron chi connectivity index (χ2n) is 5.84. The molecule has 1 aliphatic carbocycles. The van der Waals surface area contributed by atoms with Crippen LogP contribution in [0.25, 0.3) is 10.9 Å². The summed E-state index contributed by atoms with van der Waals surface area (Å²) in [6, 6.07) is 8.60. The molecule has 1 aliphatic rings. The normalized spacial score (nSPS) is 18.6. The summed E-state index contributed by atoms with van der Waals surface area (Å²) in [5.74, 6) is 0. The number of fused-ring (bicyclic) bond motifs is 1. The van der Waals surface area contributed by atoms with Gasteiger partial charge < -0.3 is 16.0 Å². The van der Waals surface area contributed by atoms with E-state index in [9.17, 15) is 0 Å². The fraction of sp³-hybridized carbons (Fsp3) is 0.500. The fourth-order valence-electron chi connectivity index (χ4n) is 2.81. The molecular weight excluding hydrogens is 234 g/mol. The first-order valence-corrected chi connectivity index (χ1v) is 7.28. The molecule has 1 atom stereocenters. The van der Waals surface area contributed by atoms with Crippen LogP contribution in [-0.4, -0.2) is 23.1 Å². The van der Waals surface area contributed by atoms with Gasteiger partial charge in [-0.15, -0.1) is 0 Å². The standard InChI is InChI=1S/C16H23N3/c1-2-16(7-8-16)19-11-13(17)9-12-10-18-15-6-4-3-5-14(12)15/h3-6,10,13,18-19H,2,7-9,11,17H2,1H3. The van der Waals surface area contributed by atoms with E-state index in [0.717, 1.165) is 13.0 Å². The van der Waals surface area contributed by atoms with Gasteiger partial charge in [0.2, 0.25) is 0 Å². The third-order valence-corrected chi connectivity index (χ3v) is 4.43. The van der Waals surface area contributed by atoms with Crippen molar-refractivity contribution < 1.29 is 0 Å². The highest BCUT2D eigenvalue weighted by molar-refractivity contribution is 5.83. The van der Waals surface area contributed by atoms with E-state index in [2.05, 4.69) is 47.7 Å². The summed E-state index contributed by atoms with van der Waals surface area (Å²) >= 11 is 0. The Bertz CT molecular complexity index is 554. The lowest BCUT2D eigenvalue weighted by Gasteiger charge is -2.18. The minimum absolute atomic E-state index is 0.184. The highest BCUT2D eigenvalue weighted by Gasteiger charge is 2.40. The Morgan fingerprint density at radius 3 is 2.89 bits per heavy atom. The Morgan fingerprint density at radius 2 is 2.16 bits per heavy atom. The number of nitrogens with two attached hydrogens (primary N) is 1. The number of rotatable bonds is 6. The van der Waals surface area contributed by atoms with Crippen LogP contribution in [0.4, 0.5) is 0 Å². The molecule has 0 aliphatic heterocycles. The van der Waals surface area contributed by atoms with Crippen molar-refractivity contribution in [3.63, 3.8) is 0 Å². The topological polar surface area (TPSA) is 53.8 Å². The van der Waals surface area contributed by atoms with Gasteiger partial charge in [-0.05, 0) is 37.3 Å². The highest BCUT2D eigenvalue weighted by Crippen LogP contribution is 2.38. The number of nitrogens with one attached hydrogen (secondary N) is 2. The second-order valence-corrected chi connectivity index (χ2v) is 5.84. The summed E-state index contributed by atoms with van der Waals surface area (Å²) in [4.78, 5) is 3.31. The summed E-state index contributed by atoms with van der Waals surface area (Å²) in [6.07, 6.45) is 6.85. The molecule has 102 valence electrons. The van der Waals surface area contributed by atoms with Crippen LogP contribution in [0.5, 0.6) is 0 Å². The van der Waals surface area contributed by atoms with Gasteiger partial charge in [0.05, 0.1) is 0 Å². The summed E-state index contributed by atoms with van der Waals surface area (Å²) in [7, 11) is 0. The molecule has 19 heavy (non-hydrogen) atoms. The van der Waals surface area contributed by atoms with Gasteiger partial charge in [-0.2, -0.15) is 0 Å². The van der Waals surface area contributed by atoms with Crippen LogP contribution in [0, 0.1) is 0 Å². The molecule has 1 saturated carbocycles. The van der Waals surface area contributed by atoms with E-state index in [-0.39, 0.29) is 6.04 Å². The van der Waals surface area contributed by atoms with Gasteiger partial charge >= 0.3 is 0 Å². The van der Waals surface area contributed by atoms with Crippen molar-refractivity contribution in [2.24, 2.45) is 5.73 Å². The molecule has 3 rings (SSSR count). The average Bonchev–Trinajstić information content (AvgIpc) is 3.13. The molecule has 1 heterocycles. The van der Waals surface area contributed by atoms with Crippen LogP contribution in [0.15, 0.2) is 30.5 Å². The zero-order chi connectivity index (χ0) is 13.3. The molecule has 4 N–H and O–H groups in total. The molecule has 0 radical (unpaired) electrons. The van der Waals surface area contributed by atoms with E-state index in [1.165, 1.54) is 35.7 Å². The van der Waals surface area contributed by atoms with Gasteiger partial charge in [-0.3, -0.25) is 0 Å². The van der Waals surface area contributed by atoms with Crippen molar-refractivity contribution in [3.05, 3.63) is 36.0 Å². The van der Waals surface area contributed by atoms with E-state index in [1.54, 1.807) is 0 Å². The van der Waals surface area contributed by atoms with Gasteiger partial charge in [0.25, 0.3) is 0 Å². The highest BCUT2D eigenvalue weighted by atomic mass is 15.0. The van der Waals surface area contributed by atoms with Crippen molar-refractivity contribution in [1.82, 2.24) is 10.3 Å². The molecule has 0 spiro atoms. The van der Waals surface area contributed by atoms with Crippen molar-refractivity contribution in [2.75, 3.05) is 6.54 Å². The van der Waals surface area contributed by atoms with Crippen LogP contribution in [0.2, 0.25) is 0 Å². The van der Waals surface area contributed by atoms with E-state index >= 15 is 0 Å². The Morgan fingerprint density at radius 1 is 1.37 bits per heavy atom. The largest absolute Gasteiger partial charge is 0.361 e. The minimum Gasteiger partial charge on any atom is -0.361 e. The van der Waals surface area contributed by atoms with Crippen LogP contribution < -0.4 is 11.1 Å². The maximum Gasteiger partial charge on any atom is 0.0456 e. The smallest absolute Gasteiger partial charge is 0.0456 e. The molecule has 1 unspecified atom stereocenters. The molecule has 0 saturated heterocycles. The van der Waals surface area contributed by atoms with Crippen LogP contribution in [0.3, 0.4) is 0 Å². The number of aromatic nitrogens is 1. The molecular formula is C16H23N3. The summed E-state index contributed by atoms with van der Waals surface area (Å²) in [5.41, 5.74) is 9.21. The Hall–Kier alpha value is -1.32. The third kappa shape index (κ3) is 2.67. The van der Waals surface area contributed by atoms with Crippen molar-refractivity contribution in [3.8, 4) is 0 Å². The monoisotopic (exact) mass is 257 g/mol. The lowest BCUT2D eigenvalue weighted by atomic mass is 10.0. The number of hydrogen-bond donors (Lipinski definition) is 3. The zero-order valence-corrected chi connectivity index (χ0v) is 11.6. The number of hydrogen-bond acceptors (Lipinski definition) is 2. The number of benzene rings is 1. The summed E-state index contributed by atoms with van der Waals surface area (Å²) < 4.78 is 0. The van der Waals surface area contributed by atoms with Gasteiger partial charge in [-0.25, -0.2) is 0 Å². The lowest BCUT2D eigenvalue weighted by molar-refractivity contribution is 0.452. The van der Waals surface area contributed by atoms with Gasteiger partial charge in [0.15, 0.2) is 0 Å². The fourth-order valence-corrected chi connectivity index (χ4v) is 2.81. The molecule has 1 fully saturated rings. The molecule has 2 aromatic rings. The maximum absolute atomic E-state index is 6.27. The minimum atomic E-state index is 0.184. The predicted molar refractivity (Wildman–Crippen MR) is 80.2 cm³/mol. The first-order valence-electron chi connectivity index (χ1n) is 7.28. The third-order valence-electron chi connectivity index (χ3n) is 4.43. The van der Waals surface area contributed by atoms with Crippen molar-refractivity contribution in [2.45, 2.75) is 44.2 Å². The predicted octanol–water partition coefficient (Wildman–Crippen LogP) is 2.57. The van der Waals surface area contributed by atoms with E-state index in [1.807, 2.05) is 0 Å².